The Morgan fingerprint density at radius 1 is 1.53 bits per heavy atom. The maximum atomic E-state index is 11.8. The van der Waals surface area contributed by atoms with E-state index in [1.54, 1.807) is 18.3 Å². The summed E-state index contributed by atoms with van der Waals surface area (Å²) in [5.41, 5.74) is 0.924. The number of nitriles is 1. The lowest BCUT2D eigenvalue weighted by atomic mass is 10.2. The number of halogens is 1. The first kappa shape index (κ1) is 11.7. The number of rotatable bonds is 2. The van der Waals surface area contributed by atoms with Crippen molar-refractivity contribution in [1.29, 1.82) is 5.26 Å². The zero-order chi connectivity index (χ0) is 12.3. The molecule has 0 N–H and O–H groups in total. The summed E-state index contributed by atoms with van der Waals surface area (Å²) >= 11 is 1.93. The molecular formula is C11H7IN4O. The fraction of sp³-hybridized carbons (Fsp3) is 0.0909. The van der Waals surface area contributed by atoms with Crippen molar-refractivity contribution in [2.75, 3.05) is 0 Å². The van der Waals surface area contributed by atoms with Crippen LogP contribution in [-0.2, 0) is 6.54 Å². The van der Waals surface area contributed by atoms with Gasteiger partial charge in [0, 0.05) is 18.0 Å². The molecule has 17 heavy (non-hydrogen) atoms. The fourth-order valence-corrected chi connectivity index (χ4v) is 1.86. The van der Waals surface area contributed by atoms with E-state index in [4.69, 9.17) is 5.26 Å². The lowest BCUT2D eigenvalue weighted by molar-refractivity contribution is 0.726. The third kappa shape index (κ3) is 2.50. The highest BCUT2D eigenvalue weighted by Gasteiger charge is 2.06. The predicted molar refractivity (Wildman–Crippen MR) is 69.3 cm³/mol. The molecule has 0 aliphatic rings. The van der Waals surface area contributed by atoms with E-state index in [0.29, 0.717) is 21.4 Å². The first-order valence-electron chi connectivity index (χ1n) is 4.76. The topological polar surface area (TPSA) is 71.6 Å². The molecule has 0 aliphatic heterocycles. The molecule has 0 aliphatic carbocycles. The zero-order valence-corrected chi connectivity index (χ0v) is 10.8. The Bertz CT molecular complexity index is 644. The summed E-state index contributed by atoms with van der Waals surface area (Å²) in [6.07, 6.45) is 4.52. The molecule has 0 unspecified atom stereocenters. The molecule has 2 heterocycles. The van der Waals surface area contributed by atoms with Crippen molar-refractivity contribution in [3.63, 3.8) is 0 Å². The second kappa shape index (κ2) is 5.05. The van der Waals surface area contributed by atoms with Crippen LogP contribution in [0.4, 0.5) is 0 Å². The first-order chi connectivity index (χ1) is 8.22. The van der Waals surface area contributed by atoms with E-state index in [1.807, 2.05) is 28.7 Å². The highest BCUT2D eigenvalue weighted by atomic mass is 127. The molecule has 5 nitrogen and oxygen atoms in total. The Balaban J connectivity index is 2.43. The molecule has 2 aromatic rings. The van der Waals surface area contributed by atoms with Crippen molar-refractivity contribution in [3.8, 4) is 6.07 Å². The van der Waals surface area contributed by atoms with E-state index in [-0.39, 0.29) is 5.56 Å². The minimum Gasteiger partial charge on any atom is -0.294 e. The van der Waals surface area contributed by atoms with Crippen LogP contribution in [0.2, 0.25) is 0 Å². The van der Waals surface area contributed by atoms with Crippen molar-refractivity contribution < 1.29 is 0 Å². The summed E-state index contributed by atoms with van der Waals surface area (Å²) in [5.74, 6) is 0. The normalized spacial score (nSPS) is 9.88. The third-order valence-electron chi connectivity index (χ3n) is 2.20. The number of hydrogen-bond acceptors (Lipinski definition) is 4. The van der Waals surface area contributed by atoms with Crippen LogP contribution in [-0.4, -0.2) is 14.5 Å². The first-order valence-corrected chi connectivity index (χ1v) is 5.84. The lowest BCUT2D eigenvalue weighted by Crippen LogP contribution is -2.23. The highest BCUT2D eigenvalue weighted by molar-refractivity contribution is 14.1. The van der Waals surface area contributed by atoms with Gasteiger partial charge in [-0.25, -0.2) is 9.97 Å². The molecule has 0 spiro atoms. The molecule has 0 amide bonds. The molecule has 2 rings (SSSR count). The van der Waals surface area contributed by atoms with Crippen molar-refractivity contribution in [2.24, 2.45) is 0 Å². The molecule has 2 aromatic heterocycles. The quantitative estimate of drug-likeness (QED) is 0.771. The smallest absolute Gasteiger partial charge is 0.267 e. The second-order valence-electron chi connectivity index (χ2n) is 3.30. The molecule has 6 heteroatoms. The van der Waals surface area contributed by atoms with Gasteiger partial charge in [-0.05, 0) is 28.7 Å². The summed E-state index contributed by atoms with van der Waals surface area (Å²) in [6, 6.07) is 5.52. The van der Waals surface area contributed by atoms with Crippen molar-refractivity contribution >= 4 is 22.6 Å². The van der Waals surface area contributed by atoms with E-state index in [1.165, 1.54) is 17.1 Å². The van der Waals surface area contributed by atoms with Gasteiger partial charge in [-0.3, -0.25) is 9.36 Å². The van der Waals surface area contributed by atoms with Gasteiger partial charge in [-0.15, -0.1) is 0 Å². The van der Waals surface area contributed by atoms with Gasteiger partial charge in [0.2, 0.25) is 0 Å². The van der Waals surface area contributed by atoms with E-state index in [0.717, 1.165) is 0 Å². The summed E-state index contributed by atoms with van der Waals surface area (Å²) < 4.78 is 2.01. The molecule has 0 saturated carbocycles. The third-order valence-corrected chi connectivity index (χ3v) is 2.94. The predicted octanol–water partition coefficient (Wildman–Crippen LogP) is 1.16. The summed E-state index contributed by atoms with van der Waals surface area (Å²) in [7, 11) is 0. The molecule has 0 bridgehead atoms. The van der Waals surface area contributed by atoms with Crippen LogP contribution in [0.25, 0.3) is 0 Å². The van der Waals surface area contributed by atoms with Gasteiger partial charge in [0.25, 0.3) is 5.56 Å². The number of pyridine rings is 1. The van der Waals surface area contributed by atoms with Crippen LogP contribution in [0, 0.1) is 14.9 Å². The molecule has 84 valence electrons. The van der Waals surface area contributed by atoms with Crippen molar-refractivity contribution in [3.05, 3.63) is 56.0 Å². The lowest BCUT2D eigenvalue weighted by Gasteiger charge is -2.06. The van der Waals surface area contributed by atoms with Crippen molar-refractivity contribution in [1.82, 2.24) is 14.5 Å². The van der Waals surface area contributed by atoms with Gasteiger partial charge >= 0.3 is 0 Å². The minimum absolute atomic E-state index is 0.117. The van der Waals surface area contributed by atoms with Gasteiger partial charge < -0.3 is 0 Å². The Kier molecular flexibility index (Phi) is 3.49. The standard InChI is InChI=1S/C11H7IN4O/c12-9-5-14-7-16(11(9)17)6-8-2-1-3-15-10(8)4-13/h1-3,5,7H,6H2. The summed E-state index contributed by atoms with van der Waals surface area (Å²) in [5, 5.41) is 8.90. The highest BCUT2D eigenvalue weighted by Crippen LogP contribution is 2.05. The molecular weight excluding hydrogens is 331 g/mol. The van der Waals surface area contributed by atoms with Crippen LogP contribution < -0.4 is 5.56 Å². The van der Waals surface area contributed by atoms with Gasteiger partial charge in [0.1, 0.15) is 11.8 Å². The summed E-state index contributed by atoms with van der Waals surface area (Å²) in [4.78, 5) is 19.7. The summed E-state index contributed by atoms with van der Waals surface area (Å²) in [6.45, 7) is 0.305. The SMILES string of the molecule is N#Cc1ncccc1Cn1cncc(I)c1=O. The van der Waals surface area contributed by atoms with Crippen molar-refractivity contribution in [2.45, 2.75) is 6.54 Å². The van der Waals surface area contributed by atoms with Crippen LogP contribution in [0.15, 0.2) is 35.6 Å². The van der Waals surface area contributed by atoms with E-state index < -0.39 is 0 Å². The average molecular weight is 338 g/mol. The van der Waals surface area contributed by atoms with Crippen LogP contribution in [0.3, 0.4) is 0 Å². The Morgan fingerprint density at radius 2 is 2.35 bits per heavy atom. The molecule has 0 aromatic carbocycles. The Labute approximate surface area is 111 Å². The molecule has 0 radical (unpaired) electrons. The maximum absolute atomic E-state index is 11.8. The molecule has 0 saturated heterocycles. The number of nitrogens with zero attached hydrogens (tertiary/aromatic N) is 4. The number of hydrogen-bond donors (Lipinski definition) is 0. The maximum Gasteiger partial charge on any atom is 0.267 e. The fourth-order valence-electron chi connectivity index (χ4n) is 1.39. The van der Waals surface area contributed by atoms with Gasteiger partial charge in [-0.1, -0.05) is 6.07 Å². The van der Waals surface area contributed by atoms with E-state index in [9.17, 15) is 4.79 Å². The van der Waals surface area contributed by atoms with E-state index in [2.05, 4.69) is 9.97 Å². The van der Waals surface area contributed by atoms with Gasteiger partial charge in [0.15, 0.2) is 0 Å². The van der Waals surface area contributed by atoms with E-state index >= 15 is 0 Å². The van der Waals surface area contributed by atoms with Crippen LogP contribution in [0.1, 0.15) is 11.3 Å². The van der Waals surface area contributed by atoms with Gasteiger partial charge in [0.05, 0.1) is 16.4 Å². The number of aromatic nitrogens is 3. The van der Waals surface area contributed by atoms with Crippen LogP contribution >= 0.6 is 22.6 Å². The zero-order valence-electron chi connectivity index (χ0n) is 8.67. The Morgan fingerprint density at radius 3 is 3.12 bits per heavy atom. The molecule has 0 fully saturated rings. The average Bonchev–Trinajstić information content (AvgIpc) is 2.35. The second-order valence-corrected chi connectivity index (χ2v) is 4.46. The largest absolute Gasteiger partial charge is 0.294 e. The van der Waals surface area contributed by atoms with Gasteiger partial charge in [-0.2, -0.15) is 5.26 Å². The minimum atomic E-state index is -0.117. The molecule has 0 atom stereocenters. The monoisotopic (exact) mass is 338 g/mol. The Hall–Kier alpha value is -1.75. The van der Waals surface area contributed by atoms with Crippen LogP contribution in [0.5, 0.6) is 0 Å².